The third-order valence-electron chi connectivity index (χ3n) is 27.8. The van der Waals surface area contributed by atoms with Gasteiger partial charge in [-0.3, -0.25) is 0 Å². The van der Waals surface area contributed by atoms with E-state index in [1.54, 1.807) is 6.92 Å². The molecule has 17 aromatic rings. The third kappa shape index (κ3) is 24.0. The average Bonchev–Trinajstić information content (AvgIpc) is 1.65. The molecule has 9 aromatic carbocycles. The van der Waals surface area contributed by atoms with Gasteiger partial charge >= 0.3 is 0 Å². The standard InChI is InChI=1S/C31H33N3O3.C30H37N3O3.C28H31N3O5.C25H25Cl2N3O3/c1-21(2)30-32-33-31(37-30)29-20-26-27(9-5-10-28(26)36-29)35-18-6-15-34-16-13-23(14-17-34)25-12-11-22-7-3-4-8-24(22)19-25;1-20-10-11-23(18-21(20)2)22-12-15-33(16-13-22)14-7-17-34-25-8-6-9-26-24(25)19-27(35-26)28-31-32-29(36-28)30(3,4)5;1-18(2)27-29-30-28(36-27)26-16-21-22(5-3-6-23(21)35-26)32-14-4-11-31-12-9-19(10-13-31)20-7-8-24-25(15-20)34-17-33-24;1-16-28-29-25(32-16)24-15-19-22(4-2-5-23(19)33-24)31-13-3-10-30-11-8-17(9-12-30)18-6-7-20(26)21(27)14-18/h3-5,7-12,19-21,23H,6,13-18H2,1-2H3;6,8-11,18-19,22H,7,12-17H2,1-5H3;3,5-8,15-16,18-19H,4,9-14,17H2,1-2H3;2,4-7,14-15,17H,3,8-13H2,1H3. The van der Waals surface area contributed by atoms with Crippen molar-refractivity contribution in [3.05, 3.63) is 261 Å². The Labute approximate surface area is 838 Å². The molecule has 0 spiro atoms. The predicted octanol–water partition coefficient (Wildman–Crippen LogP) is 27.2. The number of ether oxygens (including phenoxy) is 6. The van der Waals surface area contributed by atoms with Crippen molar-refractivity contribution < 1.29 is 63.8 Å². The van der Waals surface area contributed by atoms with E-state index < -0.39 is 0 Å². The fourth-order valence-electron chi connectivity index (χ4n) is 19.5. The molecule has 0 unspecified atom stereocenters. The van der Waals surface area contributed by atoms with Crippen LogP contribution in [0.2, 0.25) is 10.0 Å². The Hall–Kier alpha value is -12.8. The second-order valence-electron chi connectivity index (χ2n) is 39.6. The molecule has 0 amide bonds. The molecule has 0 aliphatic carbocycles. The molecule has 142 heavy (non-hydrogen) atoms. The maximum absolute atomic E-state index is 6.19. The first kappa shape index (κ1) is 98.0. The molecule has 0 radical (unpaired) electrons. The minimum Gasteiger partial charge on any atom is -0.493 e. The monoisotopic (exact) mass is 1960 g/mol. The Bertz CT molecular complexity index is 7070. The van der Waals surface area contributed by atoms with Crippen molar-refractivity contribution in [3.63, 3.8) is 0 Å². The average molecular weight is 1960 g/mol. The minimum atomic E-state index is -0.208. The summed E-state index contributed by atoms with van der Waals surface area (Å²) in [5.74, 6) is 13.9. The molecule has 8 aromatic heterocycles. The van der Waals surface area contributed by atoms with Gasteiger partial charge in [-0.05, 0) is 284 Å². The molecule has 0 saturated carbocycles. The number of benzene rings is 9. The van der Waals surface area contributed by atoms with E-state index in [0.717, 1.165) is 208 Å². The van der Waals surface area contributed by atoms with Gasteiger partial charge < -0.3 is 83.4 Å². The lowest BCUT2D eigenvalue weighted by molar-refractivity contribution is 0.173. The Kier molecular flexibility index (Phi) is 31.2. The predicted molar refractivity (Wildman–Crippen MR) is 553 cm³/mol. The smallest absolute Gasteiger partial charge is 0.283 e. The van der Waals surface area contributed by atoms with Gasteiger partial charge in [0.2, 0.25) is 30.4 Å². The highest BCUT2D eigenvalue weighted by Gasteiger charge is 2.31. The van der Waals surface area contributed by atoms with Gasteiger partial charge in [-0.15, -0.1) is 40.8 Å². The van der Waals surface area contributed by atoms with E-state index in [1.165, 1.54) is 69.8 Å². The molecule has 4 saturated heterocycles. The van der Waals surface area contributed by atoms with Crippen molar-refractivity contribution in [2.45, 2.75) is 187 Å². The first-order chi connectivity index (χ1) is 69.1. The molecule has 740 valence electrons. The summed E-state index contributed by atoms with van der Waals surface area (Å²) in [6.45, 7) is 36.4. The number of nitrogens with zero attached hydrogens (tertiary/aromatic N) is 12. The van der Waals surface area contributed by atoms with Gasteiger partial charge in [0.15, 0.2) is 34.5 Å². The molecule has 0 atom stereocenters. The van der Waals surface area contributed by atoms with Crippen LogP contribution >= 0.6 is 23.2 Å². The van der Waals surface area contributed by atoms with Crippen LogP contribution in [0.4, 0.5) is 0 Å². The summed E-state index contributed by atoms with van der Waals surface area (Å²) >= 11 is 12.2. The maximum Gasteiger partial charge on any atom is 0.283 e. The van der Waals surface area contributed by atoms with Crippen LogP contribution in [-0.2, 0) is 5.41 Å². The number of aryl methyl sites for hydroxylation is 3. The van der Waals surface area contributed by atoms with Gasteiger partial charge in [-0.2, -0.15) is 0 Å². The fraction of sp³-hybridized carbons (Fsp3) is 0.404. The topological polar surface area (TPSA) is 277 Å². The summed E-state index contributed by atoms with van der Waals surface area (Å²) in [5.41, 5.74) is 11.2. The number of fused-ring (bicyclic) bond motifs is 6. The highest BCUT2D eigenvalue weighted by atomic mass is 35.5. The van der Waals surface area contributed by atoms with Crippen LogP contribution in [0.3, 0.4) is 0 Å². The van der Waals surface area contributed by atoms with E-state index in [2.05, 4.69) is 153 Å². The van der Waals surface area contributed by atoms with Crippen molar-refractivity contribution in [3.8, 4) is 81.1 Å². The second-order valence-corrected chi connectivity index (χ2v) is 40.4. The largest absolute Gasteiger partial charge is 0.493 e. The van der Waals surface area contributed by atoms with Crippen molar-refractivity contribution in [1.29, 1.82) is 0 Å². The fourth-order valence-corrected chi connectivity index (χ4v) is 19.8. The van der Waals surface area contributed by atoms with Crippen LogP contribution < -0.4 is 28.4 Å². The molecule has 5 aliphatic heterocycles. The Balaban J connectivity index is 0.000000120. The summed E-state index contributed by atoms with van der Waals surface area (Å²) in [4.78, 5) is 10.2. The number of furan rings is 4. The van der Waals surface area contributed by atoms with Gasteiger partial charge in [-0.25, -0.2) is 0 Å². The van der Waals surface area contributed by atoms with Gasteiger partial charge in [0, 0.05) is 74.6 Å². The van der Waals surface area contributed by atoms with E-state index in [4.69, 9.17) is 87.0 Å². The lowest BCUT2D eigenvalue weighted by Crippen LogP contribution is -2.34. The Morgan fingerprint density at radius 3 is 1.09 bits per heavy atom. The van der Waals surface area contributed by atoms with E-state index in [9.17, 15) is 0 Å². The summed E-state index contributed by atoms with van der Waals surface area (Å²) in [6.07, 6.45) is 13.4. The number of piperidine rings is 4. The first-order valence-electron chi connectivity index (χ1n) is 50.4. The normalized spacial score (nSPS) is 15.6. The molecule has 5 aliphatic rings. The summed E-state index contributed by atoms with van der Waals surface area (Å²) in [7, 11) is 0. The third-order valence-corrected chi connectivity index (χ3v) is 28.5. The van der Waals surface area contributed by atoms with E-state index in [-0.39, 0.29) is 17.3 Å². The lowest BCUT2D eigenvalue weighted by atomic mass is 9.88. The van der Waals surface area contributed by atoms with Crippen molar-refractivity contribution in [2.24, 2.45) is 0 Å². The molecule has 28 heteroatoms. The molecule has 0 N–H and O–H groups in total. The summed E-state index contributed by atoms with van der Waals surface area (Å²) < 4.78 is 82.2. The molecular weight excluding hydrogens is 1830 g/mol. The number of hydrogen-bond acceptors (Lipinski definition) is 26. The first-order valence-corrected chi connectivity index (χ1v) is 51.1. The van der Waals surface area contributed by atoms with Crippen LogP contribution in [-0.4, -0.2) is 172 Å². The lowest BCUT2D eigenvalue weighted by Gasteiger charge is -2.32. The van der Waals surface area contributed by atoms with Crippen LogP contribution in [0.5, 0.6) is 34.5 Å². The zero-order chi connectivity index (χ0) is 97.7. The summed E-state index contributed by atoms with van der Waals surface area (Å²) in [5, 5.41) is 40.3. The molecule has 26 nitrogen and oxygen atoms in total. The molecule has 0 bridgehead atoms. The van der Waals surface area contributed by atoms with Crippen molar-refractivity contribution in [1.82, 2.24) is 60.4 Å². The van der Waals surface area contributed by atoms with Gasteiger partial charge in [-0.1, -0.05) is 169 Å². The van der Waals surface area contributed by atoms with Crippen LogP contribution in [0.15, 0.2) is 229 Å². The minimum absolute atomic E-state index is 0.170. The van der Waals surface area contributed by atoms with E-state index in [0.29, 0.717) is 137 Å². The SMILES string of the molecule is CC(C)c1nnc(-c2cc3c(OCCCN4CCC(c5ccc6c(c5)OCO6)CC4)cccc3o2)o1.CC(C)c1nnc(-c2cc3c(OCCCN4CCC(c5ccc6ccccc6c5)CC4)cccc3o2)o1.Cc1ccc(C2CCN(CCCOc3cccc4oc(-c5nnc(C(C)(C)C)o5)cc34)CC2)cc1C.Cc1nnc(-c2cc3c(OCCCN4CCC(c5ccc(Cl)c(Cl)c5)CC4)cccc3o2)o1. The number of rotatable bonds is 30. The molecule has 4 fully saturated rings. The number of likely N-dealkylation sites (tertiary alicyclic amines) is 4. The number of hydrogen-bond donors (Lipinski definition) is 0. The van der Waals surface area contributed by atoms with Gasteiger partial charge in [0.05, 0.1) is 58.0 Å². The van der Waals surface area contributed by atoms with Gasteiger partial charge in [0.1, 0.15) is 45.3 Å². The maximum atomic E-state index is 6.19. The van der Waals surface area contributed by atoms with Gasteiger partial charge in [0.25, 0.3) is 23.6 Å². The highest BCUT2D eigenvalue weighted by molar-refractivity contribution is 6.42. The van der Waals surface area contributed by atoms with Crippen LogP contribution in [0, 0.1) is 20.8 Å². The Morgan fingerprint density at radius 2 is 0.697 bits per heavy atom. The van der Waals surface area contributed by atoms with Crippen LogP contribution in [0.1, 0.15) is 218 Å². The summed E-state index contributed by atoms with van der Waals surface area (Å²) in [6, 6.07) is 66.0. The van der Waals surface area contributed by atoms with E-state index in [1.807, 2.05) is 164 Å². The highest BCUT2D eigenvalue weighted by Crippen LogP contribution is 2.44. The zero-order valence-electron chi connectivity index (χ0n) is 82.8. The second kappa shape index (κ2) is 45.2. The van der Waals surface area contributed by atoms with Crippen molar-refractivity contribution in [2.75, 3.05) is 112 Å². The molecule has 22 rings (SSSR count). The molecular formula is C114H126Cl2N12O14. The van der Waals surface area contributed by atoms with Crippen molar-refractivity contribution >= 4 is 77.9 Å². The number of aromatic nitrogens is 8. The zero-order valence-corrected chi connectivity index (χ0v) is 84.3. The van der Waals surface area contributed by atoms with E-state index >= 15 is 0 Å². The van der Waals surface area contributed by atoms with Crippen LogP contribution in [0.25, 0.3) is 101 Å². The molecule has 13 heterocycles. The quantitative estimate of drug-likeness (QED) is 0.0378. The Morgan fingerprint density at radius 1 is 0.331 bits per heavy atom. The number of halogens is 2.